The Hall–Kier alpha value is -1.33. The zero-order valence-electron chi connectivity index (χ0n) is 8.64. The Morgan fingerprint density at radius 2 is 2.00 bits per heavy atom. The van der Waals surface area contributed by atoms with Gasteiger partial charge in [0, 0.05) is 18.7 Å². The average molecular weight is 213 g/mol. The Bertz CT molecular complexity index is 315. The molecular formula is C10H15NO4. The maximum Gasteiger partial charge on any atom is 0.289 e. The van der Waals surface area contributed by atoms with Gasteiger partial charge in [0.25, 0.3) is 5.91 Å². The maximum atomic E-state index is 11.8. The van der Waals surface area contributed by atoms with Crippen LogP contribution in [-0.2, 0) is 0 Å². The van der Waals surface area contributed by atoms with Gasteiger partial charge in [-0.05, 0) is 13.0 Å². The van der Waals surface area contributed by atoms with E-state index in [4.69, 9.17) is 14.6 Å². The first-order chi connectivity index (χ1) is 7.20. The fourth-order valence-electron chi connectivity index (χ4n) is 1.29. The van der Waals surface area contributed by atoms with Crippen LogP contribution in [0.2, 0.25) is 0 Å². The third-order valence-electron chi connectivity index (χ3n) is 2.08. The van der Waals surface area contributed by atoms with Crippen LogP contribution in [0.15, 0.2) is 16.7 Å². The molecule has 1 heterocycles. The molecular weight excluding hydrogens is 198 g/mol. The van der Waals surface area contributed by atoms with Gasteiger partial charge >= 0.3 is 0 Å². The van der Waals surface area contributed by atoms with Crippen molar-refractivity contribution in [3.63, 3.8) is 0 Å². The zero-order chi connectivity index (χ0) is 11.3. The van der Waals surface area contributed by atoms with E-state index < -0.39 is 0 Å². The summed E-state index contributed by atoms with van der Waals surface area (Å²) >= 11 is 0. The van der Waals surface area contributed by atoms with Gasteiger partial charge < -0.3 is 19.5 Å². The number of aliphatic hydroxyl groups excluding tert-OH is 2. The second-order valence-corrected chi connectivity index (χ2v) is 3.17. The maximum absolute atomic E-state index is 11.8. The number of aliphatic hydroxyl groups is 2. The summed E-state index contributed by atoms with van der Waals surface area (Å²) in [7, 11) is 0. The Balaban J connectivity index is 2.76. The van der Waals surface area contributed by atoms with Crippen LogP contribution in [0, 0.1) is 6.92 Å². The first kappa shape index (κ1) is 11.7. The van der Waals surface area contributed by atoms with Gasteiger partial charge in [-0.1, -0.05) is 0 Å². The Morgan fingerprint density at radius 3 is 2.40 bits per heavy atom. The van der Waals surface area contributed by atoms with Crippen molar-refractivity contribution in [3.05, 3.63) is 23.7 Å². The molecule has 2 N–H and O–H groups in total. The number of carbonyl (C=O) groups is 1. The molecule has 0 spiro atoms. The molecule has 0 saturated heterocycles. The van der Waals surface area contributed by atoms with Crippen molar-refractivity contribution in [1.82, 2.24) is 4.90 Å². The molecule has 1 rings (SSSR count). The lowest BCUT2D eigenvalue weighted by molar-refractivity contribution is 0.0652. The van der Waals surface area contributed by atoms with Gasteiger partial charge in [-0.25, -0.2) is 0 Å². The van der Waals surface area contributed by atoms with Crippen molar-refractivity contribution >= 4 is 5.91 Å². The Kier molecular flexibility index (Phi) is 4.33. The van der Waals surface area contributed by atoms with Gasteiger partial charge in [-0.3, -0.25) is 4.79 Å². The van der Waals surface area contributed by atoms with Crippen LogP contribution >= 0.6 is 0 Å². The van der Waals surface area contributed by atoms with E-state index in [9.17, 15) is 4.79 Å². The van der Waals surface area contributed by atoms with Crippen molar-refractivity contribution in [2.75, 3.05) is 26.3 Å². The molecule has 84 valence electrons. The Labute approximate surface area is 87.9 Å². The Morgan fingerprint density at radius 1 is 1.40 bits per heavy atom. The zero-order valence-corrected chi connectivity index (χ0v) is 8.64. The highest BCUT2D eigenvalue weighted by molar-refractivity contribution is 5.92. The van der Waals surface area contributed by atoms with Gasteiger partial charge in [-0.2, -0.15) is 0 Å². The summed E-state index contributed by atoms with van der Waals surface area (Å²) < 4.78 is 5.05. The van der Waals surface area contributed by atoms with E-state index in [-0.39, 0.29) is 38.0 Å². The molecule has 0 aromatic carbocycles. The highest BCUT2D eigenvalue weighted by atomic mass is 16.3. The molecule has 1 aromatic rings. The summed E-state index contributed by atoms with van der Waals surface area (Å²) in [6.07, 6.45) is 1.44. The molecule has 5 heteroatoms. The number of amides is 1. The van der Waals surface area contributed by atoms with Crippen LogP contribution in [0.3, 0.4) is 0 Å². The van der Waals surface area contributed by atoms with Gasteiger partial charge in [0.05, 0.1) is 19.5 Å². The number of rotatable bonds is 5. The molecule has 0 atom stereocenters. The molecule has 15 heavy (non-hydrogen) atoms. The lowest BCUT2D eigenvalue weighted by Crippen LogP contribution is -2.35. The van der Waals surface area contributed by atoms with Crippen LogP contribution in [0.4, 0.5) is 0 Å². The van der Waals surface area contributed by atoms with E-state index in [1.807, 2.05) is 0 Å². The van der Waals surface area contributed by atoms with Crippen molar-refractivity contribution in [2.45, 2.75) is 6.92 Å². The summed E-state index contributed by atoms with van der Waals surface area (Å²) in [5.41, 5.74) is 0.751. The molecule has 0 bridgehead atoms. The fourth-order valence-corrected chi connectivity index (χ4v) is 1.29. The molecule has 0 fully saturated rings. The van der Waals surface area contributed by atoms with Gasteiger partial charge in [-0.15, -0.1) is 0 Å². The predicted octanol–water partition coefficient (Wildman–Crippen LogP) is 0.0148. The van der Waals surface area contributed by atoms with Crippen LogP contribution in [0.25, 0.3) is 0 Å². The summed E-state index contributed by atoms with van der Waals surface area (Å²) in [4.78, 5) is 13.2. The van der Waals surface area contributed by atoms with Gasteiger partial charge in [0.1, 0.15) is 0 Å². The number of aryl methyl sites for hydroxylation is 1. The number of furan rings is 1. The number of hydrogen-bond donors (Lipinski definition) is 2. The van der Waals surface area contributed by atoms with Gasteiger partial charge in [0.2, 0.25) is 0 Å². The molecule has 0 unspecified atom stereocenters. The highest BCUT2D eigenvalue weighted by Crippen LogP contribution is 2.11. The lowest BCUT2D eigenvalue weighted by atomic mass is 10.2. The quantitative estimate of drug-likeness (QED) is 0.722. The van der Waals surface area contributed by atoms with Crippen molar-refractivity contribution < 1.29 is 19.4 Å². The molecule has 0 aliphatic heterocycles. The van der Waals surface area contributed by atoms with Crippen LogP contribution in [0.1, 0.15) is 16.1 Å². The second-order valence-electron chi connectivity index (χ2n) is 3.17. The van der Waals surface area contributed by atoms with E-state index in [0.29, 0.717) is 0 Å². The first-order valence-electron chi connectivity index (χ1n) is 4.75. The third-order valence-corrected chi connectivity index (χ3v) is 2.08. The minimum atomic E-state index is -0.305. The van der Waals surface area contributed by atoms with Crippen molar-refractivity contribution in [1.29, 1.82) is 0 Å². The van der Waals surface area contributed by atoms with E-state index in [2.05, 4.69) is 0 Å². The topological polar surface area (TPSA) is 73.9 Å². The standard InChI is InChI=1S/C10H15NO4/c1-8-2-7-15-9(8)10(14)11(3-5-12)4-6-13/h2,7,12-13H,3-6H2,1H3. The minimum absolute atomic E-state index is 0.133. The van der Waals surface area contributed by atoms with Crippen LogP contribution in [-0.4, -0.2) is 47.3 Å². The third kappa shape index (κ3) is 2.81. The summed E-state index contributed by atoms with van der Waals surface area (Å²) in [6, 6.07) is 1.70. The van der Waals surface area contributed by atoms with E-state index in [1.165, 1.54) is 11.2 Å². The lowest BCUT2D eigenvalue weighted by Gasteiger charge is -2.19. The molecule has 0 aliphatic carbocycles. The van der Waals surface area contributed by atoms with Crippen LogP contribution in [0.5, 0.6) is 0 Å². The van der Waals surface area contributed by atoms with Gasteiger partial charge in [0.15, 0.2) is 5.76 Å². The normalized spacial score (nSPS) is 10.3. The van der Waals surface area contributed by atoms with E-state index in [0.717, 1.165) is 5.56 Å². The largest absolute Gasteiger partial charge is 0.459 e. The molecule has 0 radical (unpaired) electrons. The molecule has 0 aliphatic rings. The fraction of sp³-hybridized carbons (Fsp3) is 0.500. The molecule has 1 aromatic heterocycles. The number of hydrogen-bond acceptors (Lipinski definition) is 4. The first-order valence-corrected chi connectivity index (χ1v) is 4.75. The van der Waals surface area contributed by atoms with Crippen molar-refractivity contribution in [2.24, 2.45) is 0 Å². The second kappa shape index (κ2) is 5.53. The summed E-state index contributed by atoms with van der Waals surface area (Å²) in [5.74, 6) is -0.0440. The predicted molar refractivity (Wildman–Crippen MR) is 53.5 cm³/mol. The average Bonchev–Trinajstić information content (AvgIpc) is 2.63. The molecule has 0 saturated carbocycles. The summed E-state index contributed by atoms with van der Waals surface area (Å²) in [5, 5.41) is 17.5. The smallest absolute Gasteiger partial charge is 0.289 e. The SMILES string of the molecule is Cc1ccoc1C(=O)N(CCO)CCO. The molecule has 5 nitrogen and oxygen atoms in total. The monoisotopic (exact) mass is 213 g/mol. The minimum Gasteiger partial charge on any atom is -0.459 e. The van der Waals surface area contributed by atoms with E-state index in [1.54, 1.807) is 13.0 Å². The highest BCUT2D eigenvalue weighted by Gasteiger charge is 2.19. The number of carbonyl (C=O) groups excluding carboxylic acids is 1. The summed E-state index contributed by atoms with van der Waals surface area (Å²) in [6.45, 7) is 1.89. The number of nitrogens with zero attached hydrogens (tertiary/aromatic N) is 1. The van der Waals surface area contributed by atoms with Crippen LogP contribution < -0.4 is 0 Å². The van der Waals surface area contributed by atoms with Crippen molar-refractivity contribution in [3.8, 4) is 0 Å². The van der Waals surface area contributed by atoms with E-state index >= 15 is 0 Å². The molecule has 1 amide bonds.